The lowest BCUT2D eigenvalue weighted by Crippen LogP contribution is -2.16. The third-order valence-electron chi connectivity index (χ3n) is 3.19. The van der Waals surface area contributed by atoms with Gasteiger partial charge in [-0.3, -0.25) is 0 Å². The number of aromatic nitrogens is 2. The van der Waals surface area contributed by atoms with Gasteiger partial charge in [-0.1, -0.05) is 12.1 Å². The summed E-state index contributed by atoms with van der Waals surface area (Å²) in [6, 6.07) is 6.25. The zero-order valence-corrected chi connectivity index (χ0v) is 9.59. The lowest BCUT2D eigenvalue weighted by atomic mass is 10.2. The number of para-hydroxylation sites is 1. The Balaban J connectivity index is 1.73. The molecule has 2 N–H and O–H groups in total. The van der Waals surface area contributed by atoms with E-state index in [0.29, 0.717) is 0 Å². The molecule has 0 unspecified atom stereocenters. The van der Waals surface area contributed by atoms with Gasteiger partial charge in [-0.05, 0) is 43.9 Å². The van der Waals surface area contributed by atoms with E-state index in [1.165, 1.54) is 18.4 Å². The van der Waals surface area contributed by atoms with Gasteiger partial charge in [-0.25, -0.2) is 4.98 Å². The highest BCUT2D eigenvalue weighted by Gasteiger charge is 2.20. The molecule has 0 atom stereocenters. The minimum absolute atomic E-state index is 0.852. The molecule has 1 aromatic carbocycles. The van der Waals surface area contributed by atoms with Gasteiger partial charge < -0.3 is 10.3 Å². The maximum absolute atomic E-state index is 4.61. The molecule has 0 bridgehead atoms. The number of H-pyrrole nitrogens is 1. The normalized spacial score (nSPS) is 15.8. The summed E-state index contributed by atoms with van der Waals surface area (Å²) >= 11 is 0. The summed E-state index contributed by atoms with van der Waals surface area (Å²) in [7, 11) is 0. The van der Waals surface area contributed by atoms with Crippen LogP contribution in [0.1, 0.15) is 24.2 Å². The monoisotopic (exact) mass is 215 g/mol. The van der Waals surface area contributed by atoms with Crippen LogP contribution in [0, 0.1) is 12.8 Å². The first kappa shape index (κ1) is 9.85. The molecule has 0 radical (unpaired) electrons. The molecule has 3 rings (SSSR count). The van der Waals surface area contributed by atoms with E-state index in [2.05, 4.69) is 40.4 Å². The van der Waals surface area contributed by atoms with Crippen LogP contribution in [0.25, 0.3) is 11.0 Å². The van der Waals surface area contributed by atoms with E-state index in [1.54, 1.807) is 0 Å². The van der Waals surface area contributed by atoms with Crippen molar-refractivity contribution in [3.8, 4) is 0 Å². The van der Waals surface area contributed by atoms with Gasteiger partial charge >= 0.3 is 0 Å². The summed E-state index contributed by atoms with van der Waals surface area (Å²) in [5.74, 6) is 1.97. The van der Waals surface area contributed by atoms with Crippen molar-refractivity contribution in [2.24, 2.45) is 5.92 Å². The molecule has 0 saturated heterocycles. The number of benzene rings is 1. The van der Waals surface area contributed by atoms with Crippen LogP contribution in [0.5, 0.6) is 0 Å². The van der Waals surface area contributed by atoms with Crippen molar-refractivity contribution in [1.29, 1.82) is 0 Å². The molecule has 1 aliphatic rings. The summed E-state index contributed by atoms with van der Waals surface area (Å²) < 4.78 is 0. The molecule has 2 aromatic rings. The fraction of sp³-hybridized carbons (Fsp3) is 0.462. The topological polar surface area (TPSA) is 40.7 Å². The van der Waals surface area contributed by atoms with Crippen molar-refractivity contribution in [2.45, 2.75) is 26.3 Å². The number of aromatic amines is 1. The minimum atomic E-state index is 0.852. The van der Waals surface area contributed by atoms with Crippen molar-refractivity contribution in [3.05, 3.63) is 29.6 Å². The lowest BCUT2D eigenvalue weighted by molar-refractivity contribution is 0.624. The summed E-state index contributed by atoms with van der Waals surface area (Å²) in [6.07, 6.45) is 2.79. The molecule has 1 aliphatic carbocycles. The zero-order valence-electron chi connectivity index (χ0n) is 9.59. The number of imidazole rings is 1. The Bertz CT molecular complexity index is 497. The molecular formula is C13H17N3. The average molecular weight is 215 g/mol. The van der Waals surface area contributed by atoms with Crippen LogP contribution in [0.2, 0.25) is 0 Å². The number of fused-ring (bicyclic) bond motifs is 1. The van der Waals surface area contributed by atoms with E-state index in [0.717, 1.165) is 35.9 Å². The van der Waals surface area contributed by atoms with Gasteiger partial charge in [-0.15, -0.1) is 0 Å². The Labute approximate surface area is 95.3 Å². The summed E-state index contributed by atoms with van der Waals surface area (Å²) in [6.45, 7) is 4.09. The van der Waals surface area contributed by atoms with Crippen molar-refractivity contribution in [2.75, 3.05) is 6.54 Å². The molecule has 0 amide bonds. The number of nitrogens with one attached hydrogen (secondary N) is 2. The number of rotatable bonds is 4. The van der Waals surface area contributed by atoms with Gasteiger partial charge in [0, 0.05) is 0 Å². The maximum Gasteiger partial charge on any atom is 0.121 e. The van der Waals surface area contributed by atoms with Gasteiger partial charge in [0.1, 0.15) is 5.82 Å². The average Bonchev–Trinajstić information content (AvgIpc) is 2.98. The molecule has 1 fully saturated rings. The standard InChI is InChI=1S/C13H17N3/c1-9-3-2-4-11-13(9)16-12(15-11)8-14-7-10-5-6-10/h2-4,10,14H,5-8H2,1H3,(H,15,16). The second-order valence-electron chi connectivity index (χ2n) is 4.73. The highest BCUT2D eigenvalue weighted by molar-refractivity contribution is 5.78. The highest BCUT2D eigenvalue weighted by Crippen LogP contribution is 2.27. The van der Waals surface area contributed by atoms with Crippen LogP contribution in [-0.4, -0.2) is 16.5 Å². The van der Waals surface area contributed by atoms with Gasteiger partial charge in [0.05, 0.1) is 17.6 Å². The molecule has 1 aromatic heterocycles. The Morgan fingerprint density at radius 3 is 3.06 bits per heavy atom. The van der Waals surface area contributed by atoms with E-state index in [1.807, 2.05) is 0 Å². The van der Waals surface area contributed by atoms with Crippen molar-refractivity contribution in [3.63, 3.8) is 0 Å². The Morgan fingerprint density at radius 1 is 1.44 bits per heavy atom. The Kier molecular flexibility index (Phi) is 2.40. The van der Waals surface area contributed by atoms with E-state index < -0.39 is 0 Å². The fourth-order valence-corrected chi connectivity index (χ4v) is 2.03. The molecule has 84 valence electrons. The SMILES string of the molecule is Cc1cccc2[nH]c(CNCC3CC3)nc12. The minimum Gasteiger partial charge on any atom is -0.341 e. The second-order valence-corrected chi connectivity index (χ2v) is 4.73. The first-order chi connectivity index (χ1) is 7.83. The second kappa shape index (κ2) is 3.91. The van der Waals surface area contributed by atoms with E-state index in [-0.39, 0.29) is 0 Å². The molecule has 0 spiro atoms. The first-order valence-corrected chi connectivity index (χ1v) is 5.98. The van der Waals surface area contributed by atoms with Crippen LogP contribution in [0.4, 0.5) is 0 Å². The molecule has 0 aliphatic heterocycles. The Morgan fingerprint density at radius 2 is 2.31 bits per heavy atom. The third kappa shape index (κ3) is 1.95. The van der Waals surface area contributed by atoms with Crippen LogP contribution in [0.3, 0.4) is 0 Å². The van der Waals surface area contributed by atoms with Crippen LogP contribution in [0.15, 0.2) is 18.2 Å². The molecule has 1 heterocycles. The molecule has 3 heteroatoms. The largest absolute Gasteiger partial charge is 0.341 e. The van der Waals surface area contributed by atoms with Crippen LogP contribution < -0.4 is 5.32 Å². The number of nitrogens with zero attached hydrogens (tertiary/aromatic N) is 1. The van der Waals surface area contributed by atoms with Crippen LogP contribution in [-0.2, 0) is 6.54 Å². The highest BCUT2D eigenvalue weighted by atomic mass is 15.0. The molecule has 3 nitrogen and oxygen atoms in total. The smallest absolute Gasteiger partial charge is 0.121 e. The van der Waals surface area contributed by atoms with Gasteiger partial charge in [0.2, 0.25) is 0 Å². The maximum atomic E-state index is 4.61. The molecule has 16 heavy (non-hydrogen) atoms. The van der Waals surface area contributed by atoms with Gasteiger partial charge in [-0.2, -0.15) is 0 Å². The quantitative estimate of drug-likeness (QED) is 0.822. The van der Waals surface area contributed by atoms with E-state index in [9.17, 15) is 0 Å². The molecule has 1 saturated carbocycles. The van der Waals surface area contributed by atoms with E-state index in [4.69, 9.17) is 0 Å². The van der Waals surface area contributed by atoms with Crippen molar-refractivity contribution < 1.29 is 0 Å². The Hall–Kier alpha value is -1.35. The lowest BCUT2D eigenvalue weighted by Gasteiger charge is -1.99. The van der Waals surface area contributed by atoms with E-state index >= 15 is 0 Å². The van der Waals surface area contributed by atoms with Crippen LogP contribution >= 0.6 is 0 Å². The summed E-state index contributed by atoms with van der Waals surface area (Å²) in [4.78, 5) is 7.97. The zero-order chi connectivity index (χ0) is 11.0. The summed E-state index contributed by atoms with van der Waals surface area (Å²) in [5.41, 5.74) is 3.48. The van der Waals surface area contributed by atoms with Gasteiger partial charge in [0.25, 0.3) is 0 Å². The number of aryl methyl sites for hydroxylation is 1. The predicted molar refractivity (Wildman–Crippen MR) is 65.3 cm³/mol. The fourth-order valence-electron chi connectivity index (χ4n) is 2.03. The molecular weight excluding hydrogens is 198 g/mol. The number of hydrogen-bond acceptors (Lipinski definition) is 2. The number of hydrogen-bond donors (Lipinski definition) is 2. The predicted octanol–water partition coefficient (Wildman–Crippen LogP) is 2.37. The summed E-state index contributed by atoms with van der Waals surface area (Å²) in [5, 5.41) is 3.45. The van der Waals surface area contributed by atoms with Crippen molar-refractivity contribution in [1.82, 2.24) is 15.3 Å². The van der Waals surface area contributed by atoms with Crippen molar-refractivity contribution >= 4 is 11.0 Å². The van der Waals surface area contributed by atoms with Gasteiger partial charge in [0.15, 0.2) is 0 Å². The third-order valence-corrected chi connectivity index (χ3v) is 3.19. The first-order valence-electron chi connectivity index (χ1n) is 5.98.